The fourth-order valence-electron chi connectivity index (χ4n) is 1.62. The topological polar surface area (TPSA) is 0 Å². The van der Waals surface area contributed by atoms with Gasteiger partial charge >= 0.3 is 18.3 Å². The maximum Gasteiger partial charge on any atom is 0.457 e. The minimum Gasteiger partial charge on any atom is -0.231 e. The summed E-state index contributed by atoms with van der Waals surface area (Å²) in [7, 11) is 0. The summed E-state index contributed by atoms with van der Waals surface area (Å²) in [5.41, 5.74) is -6.51. The summed E-state index contributed by atoms with van der Waals surface area (Å²) in [6.07, 6.45) is -15.1. The van der Waals surface area contributed by atoms with Gasteiger partial charge in [0, 0.05) is 15.0 Å². The average molecular weight is 467 g/mol. The van der Waals surface area contributed by atoms with Crippen LogP contribution in [0.3, 0.4) is 0 Å². The smallest absolute Gasteiger partial charge is 0.231 e. The second-order valence-electron chi connectivity index (χ2n) is 4.23. The summed E-state index contributed by atoms with van der Waals surface area (Å²) >= 11 is 5.29. The number of rotatable bonds is 3. The van der Waals surface area contributed by atoms with Crippen LogP contribution in [0.1, 0.15) is 12.0 Å². The van der Waals surface area contributed by atoms with Crippen molar-refractivity contribution in [1.82, 2.24) is 0 Å². The normalized spacial score (nSPS) is 16.5. The van der Waals surface area contributed by atoms with E-state index in [1.54, 1.807) is 0 Å². The van der Waals surface area contributed by atoms with Crippen LogP contribution in [0.5, 0.6) is 0 Å². The molecule has 0 aliphatic carbocycles. The monoisotopic (exact) mass is 465 g/mol. The van der Waals surface area contributed by atoms with Gasteiger partial charge in [0.25, 0.3) is 0 Å². The van der Waals surface area contributed by atoms with E-state index >= 15 is 0 Å². The molecule has 1 aromatic rings. The van der Waals surface area contributed by atoms with E-state index < -0.39 is 35.9 Å². The number of benzene rings is 1. The molecule has 1 atom stereocenters. The summed E-state index contributed by atoms with van der Waals surface area (Å²) in [5, 5.41) is 0. The fourth-order valence-corrected chi connectivity index (χ4v) is 2.81. The van der Waals surface area contributed by atoms with Crippen LogP contribution < -0.4 is 0 Å². The molecule has 22 heavy (non-hydrogen) atoms. The van der Waals surface area contributed by atoms with Crippen LogP contribution in [0.2, 0.25) is 0 Å². The number of alkyl halides is 9. The molecule has 0 aliphatic heterocycles. The van der Waals surface area contributed by atoms with Gasteiger partial charge in [0.05, 0.1) is 6.42 Å². The van der Waals surface area contributed by atoms with E-state index in [0.717, 1.165) is 0 Å². The van der Waals surface area contributed by atoms with Gasteiger partial charge in [0.15, 0.2) is 0 Å². The Kier molecular flexibility index (Phi) is 5.24. The second-order valence-corrected chi connectivity index (χ2v) is 5.94. The summed E-state index contributed by atoms with van der Waals surface area (Å²) in [6, 6.07) is 3.07. The highest BCUT2D eigenvalue weighted by Gasteiger charge is 2.73. The van der Waals surface area contributed by atoms with Crippen LogP contribution in [0, 0.1) is 6.07 Å². The highest BCUT2D eigenvalue weighted by atomic mass is 79.9. The van der Waals surface area contributed by atoms with Crippen molar-refractivity contribution in [2.45, 2.75) is 30.4 Å². The molecule has 0 saturated heterocycles. The second kappa shape index (κ2) is 5.88. The van der Waals surface area contributed by atoms with E-state index in [0.29, 0.717) is 12.1 Å². The Morgan fingerprint density at radius 2 is 1.23 bits per heavy atom. The van der Waals surface area contributed by atoms with Crippen LogP contribution in [-0.2, 0) is 5.67 Å². The van der Waals surface area contributed by atoms with Crippen LogP contribution >= 0.6 is 31.9 Å². The van der Waals surface area contributed by atoms with E-state index in [1.165, 1.54) is 0 Å². The highest BCUT2D eigenvalue weighted by Crippen LogP contribution is 2.55. The maximum absolute atomic E-state index is 14.4. The van der Waals surface area contributed by atoms with Crippen molar-refractivity contribution >= 4 is 31.9 Å². The molecule has 0 spiro atoms. The standard InChI is InChI=1S/C11H4Br2F9/c12-6-1-5(2-7(13)3-6)8(14,4-9(15,16)17)10(18,19)11(20,21)22/h1-2H,4H2. The minimum absolute atomic E-state index is 0.293. The summed E-state index contributed by atoms with van der Waals surface area (Å²) in [5.74, 6) is -6.25. The SMILES string of the molecule is FC(F)(F)CC(F)(c1cc(Br)[c]c(Br)c1)C(F)(F)C(F)(F)F. The molecule has 1 unspecified atom stereocenters. The van der Waals surface area contributed by atoms with Gasteiger partial charge < -0.3 is 0 Å². The molecule has 0 heterocycles. The van der Waals surface area contributed by atoms with Crippen molar-refractivity contribution in [2.24, 2.45) is 0 Å². The predicted octanol–water partition coefficient (Wildman–Crippen LogP) is 6.33. The Bertz CT molecular complexity index is 529. The van der Waals surface area contributed by atoms with Gasteiger partial charge in [-0.05, 0) is 17.7 Å². The molecule has 0 amide bonds. The molecule has 1 rings (SSSR count). The minimum atomic E-state index is -6.51. The van der Waals surface area contributed by atoms with E-state index in [-0.39, 0.29) is 8.95 Å². The zero-order chi connectivity index (χ0) is 17.6. The van der Waals surface area contributed by atoms with E-state index in [2.05, 4.69) is 37.9 Å². The summed E-state index contributed by atoms with van der Waals surface area (Å²) in [4.78, 5) is 0. The van der Waals surface area contributed by atoms with E-state index in [1.807, 2.05) is 0 Å². The van der Waals surface area contributed by atoms with E-state index in [4.69, 9.17) is 0 Å². The lowest BCUT2D eigenvalue weighted by atomic mass is 9.85. The van der Waals surface area contributed by atoms with Gasteiger partial charge in [-0.3, -0.25) is 0 Å². The van der Waals surface area contributed by atoms with Crippen molar-refractivity contribution in [3.63, 3.8) is 0 Å². The molecule has 0 aromatic heterocycles. The first-order valence-corrected chi connectivity index (χ1v) is 6.78. The molecule has 1 radical (unpaired) electrons. The average Bonchev–Trinajstić information content (AvgIpc) is 2.23. The van der Waals surface area contributed by atoms with Gasteiger partial charge in [-0.15, -0.1) is 0 Å². The maximum atomic E-state index is 14.4. The molecule has 125 valence electrons. The molecule has 0 aliphatic rings. The third-order valence-electron chi connectivity index (χ3n) is 2.56. The van der Waals surface area contributed by atoms with Crippen molar-refractivity contribution in [1.29, 1.82) is 0 Å². The van der Waals surface area contributed by atoms with Gasteiger partial charge in [-0.25, -0.2) is 4.39 Å². The molecule has 0 N–H and O–H groups in total. The molecule has 0 nitrogen and oxygen atoms in total. The number of hydrogen-bond acceptors (Lipinski definition) is 0. The Hall–Kier alpha value is -0.450. The van der Waals surface area contributed by atoms with Crippen LogP contribution in [-0.4, -0.2) is 18.3 Å². The van der Waals surface area contributed by atoms with Gasteiger partial charge in [-0.1, -0.05) is 31.9 Å². The quantitative estimate of drug-likeness (QED) is 0.457. The Balaban J connectivity index is 3.60. The highest BCUT2D eigenvalue weighted by molar-refractivity contribution is 9.11. The van der Waals surface area contributed by atoms with Gasteiger partial charge in [0.1, 0.15) is 0 Å². The molecule has 1 aromatic carbocycles. The molecule has 0 bridgehead atoms. The van der Waals surface area contributed by atoms with Crippen LogP contribution in [0.25, 0.3) is 0 Å². The van der Waals surface area contributed by atoms with Crippen LogP contribution in [0.15, 0.2) is 21.1 Å². The Labute approximate surface area is 134 Å². The first kappa shape index (κ1) is 19.6. The lowest BCUT2D eigenvalue weighted by Crippen LogP contribution is -2.54. The van der Waals surface area contributed by atoms with Crippen LogP contribution in [0.4, 0.5) is 39.5 Å². The molecule has 0 fully saturated rings. The zero-order valence-corrected chi connectivity index (χ0v) is 13.2. The lowest BCUT2D eigenvalue weighted by Gasteiger charge is -2.35. The predicted molar refractivity (Wildman–Crippen MR) is 65.1 cm³/mol. The lowest BCUT2D eigenvalue weighted by molar-refractivity contribution is -0.343. The molecular weight excluding hydrogens is 463 g/mol. The van der Waals surface area contributed by atoms with Crippen molar-refractivity contribution in [3.8, 4) is 0 Å². The summed E-state index contributed by atoms with van der Waals surface area (Å²) in [6.45, 7) is 0. The fraction of sp³-hybridized carbons (Fsp3) is 0.455. The summed E-state index contributed by atoms with van der Waals surface area (Å²) < 4.78 is 115. The van der Waals surface area contributed by atoms with E-state index in [9.17, 15) is 39.5 Å². The number of halogens is 11. The largest absolute Gasteiger partial charge is 0.457 e. The van der Waals surface area contributed by atoms with Crippen molar-refractivity contribution in [3.05, 3.63) is 32.7 Å². The van der Waals surface area contributed by atoms with Gasteiger partial charge in [-0.2, -0.15) is 35.1 Å². The molecular formula is C11H4Br2F9. The van der Waals surface area contributed by atoms with Crippen molar-refractivity contribution < 1.29 is 39.5 Å². The first-order chi connectivity index (χ1) is 9.60. The van der Waals surface area contributed by atoms with Crippen molar-refractivity contribution in [2.75, 3.05) is 0 Å². The first-order valence-electron chi connectivity index (χ1n) is 5.19. The third kappa shape index (κ3) is 3.90. The Morgan fingerprint density at radius 1 is 0.818 bits per heavy atom. The zero-order valence-electron chi connectivity index (χ0n) is 10.0. The number of hydrogen-bond donors (Lipinski definition) is 0. The Morgan fingerprint density at radius 3 is 1.55 bits per heavy atom. The third-order valence-corrected chi connectivity index (χ3v) is 3.41. The van der Waals surface area contributed by atoms with Gasteiger partial charge in [0.2, 0.25) is 5.67 Å². The molecule has 11 heteroatoms. The molecule has 0 saturated carbocycles.